The van der Waals surface area contributed by atoms with E-state index in [0.29, 0.717) is 30.2 Å². The van der Waals surface area contributed by atoms with Gasteiger partial charge in [0.15, 0.2) is 5.69 Å². The van der Waals surface area contributed by atoms with E-state index in [1.165, 1.54) is 6.07 Å². The van der Waals surface area contributed by atoms with E-state index in [-0.39, 0.29) is 18.2 Å². The fraction of sp³-hybridized carbons (Fsp3) is 0.444. The number of ether oxygens (including phenoxy) is 2. The monoisotopic (exact) mass is 380 g/mol. The maximum absolute atomic E-state index is 12.7. The van der Waals surface area contributed by atoms with Crippen LogP contribution in [0.3, 0.4) is 0 Å². The van der Waals surface area contributed by atoms with E-state index < -0.39 is 6.61 Å². The summed E-state index contributed by atoms with van der Waals surface area (Å²) in [5.41, 5.74) is 2.52. The van der Waals surface area contributed by atoms with E-state index >= 15 is 0 Å². The molecule has 1 amide bonds. The number of carbonyl (C=O) groups excluding carboxylic acids is 1. The molecule has 0 fully saturated rings. The van der Waals surface area contributed by atoms with Crippen LogP contribution in [0.4, 0.5) is 8.78 Å². The molecule has 0 saturated heterocycles. The maximum Gasteiger partial charge on any atom is 0.387 e. The molecular formula is C18H22F2N4O3. The molecule has 2 heterocycles. The molecule has 1 aliphatic rings. The highest BCUT2D eigenvalue weighted by Gasteiger charge is 2.22. The van der Waals surface area contributed by atoms with Gasteiger partial charge in [0.1, 0.15) is 11.5 Å². The van der Waals surface area contributed by atoms with E-state index in [9.17, 15) is 13.6 Å². The largest absolute Gasteiger partial charge is 0.493 e. The molecule has 1 aromatic carbocycles. The molecule has 0 aliphatic carbocycles. The van der Waals surface area contributed by atoms with Crippen molar-refractivity contribution in [1.82, 2.24) is 20.8 Å². The van der Waals surface area contributed by atoms with Crippen LogP contribution < -0.4 is 20.1 Å². The molecule has 0 atom stereocenters. The van der Waals surface area contributed by atoms with E-state index in [1.807, 2.05) is 6.92 Å². The van der Waals surface area contributed by atoms with E-state index in [2.05, 4.69) is 25.6 Å². The zero-order valence-electron chi connectivity index (χ0n) is 15.0. The summed E-state index contributed by atoms with van der Waals surface area (Å²) in [6.45, 7) is 0.885. The van der Waals surface area contributed by atoms with Crippen molar-refractivity contribution >= 4 is 5.91 Å². The quantitative estimate of drug-likeness (QED) is 0.654. The zero-order valence-corrected chi connectivity index (χ0v) is 15.0. The first-order valence-corrected chi connectivity index (χ1v) is 8.84. The number of aromatic amines is 1. The molecule has 9 heteroatoms. The van der Waals surface area contributed by atoms with Crippen molar-refractivity contribution in [1.29, 1.82) is 0 Å². The third-order valence-corrected chi connectivity index (χ3v) is 4.19. The highest BCUT2D eigenvalue weighted by atomic mass is 19.3. The van der Waals surface area contributed by atoms with E-state index in [4.69, 9.17) is 4.74 Å². The van der Waals surface area contributed by atoms with Gasteiger partial charge in [-0.1, -0.05) is 6.92 Å². The molecule has 3 N–H and O–H groups in total. The lowest BCUT2D eigenvalue weighted by Gasteiger charge is -2.15. The minimum Gasteiger partial charge on any atom is -0.493 e. The Balaban J connectivity index is 1.70. The summed E-state index contributed by atoms with van der Waals surface area (Å²) in [6.07, 6.45) is 1.58. The van der Waals surface area contributed by atoms with Crippen LogP contribution in [0.5, 0.6) is 11.5 Å². The molecule has 1 aromatic heterocycles. The molecule has 7 nitrogen and oxygen atoms in total. The number of hydrogen-bond acceptors (Lipinski definition) is 5. The summed E-state index contributed by atoms with van der Waals surface area (Å²) in [5.74, 6) is 0.0464. The number of nitrogens with zero attached hydrogens (tertiary/aromatic N) is 1. The van der Waals surface area contributed by atoms with Gasteiger partial charge in [-0.3, -0.25) is 9.89 Å². The topological polar surface area (TPSA) is 88.3 Å². The predicted octanol–water partition coefficient (Wildman–Crippen LogP) is 2.38. The highest BCUT2D eigenvalue weighted by Crippen LogP contribution is 2.27. The summed E-state index contributed by atoms with van der Waals surface area (Å²) in [7, 11) is 0. The van der Waals surface area contributed by atoms with Crippen LogP contribution in [0.2, 0.25) is 0 Å². The first kappa shape index (κ1) is 19.1. The number of hydrogen-bond donors (Lipinski definition) is 3. The average molecular weight is 380 g/mol. The van der Waals surface area contributed by atoms with E-state index in [1.54, 1.807) is 12.1 Å². The SMILES string of the molecule is CCCOc1ccc(CNC(=O)c2n[nH]c3c2CNCC3)c(OC(F)F)c1. The predicted molar refractivity (Wildman–Crippen MR) is 94.0 cm³/mol. The van der Waals surface area contributed by atoms with Crippen molar-refractivity contribution in [2.24, 2.45) is 0 Å². The second kappa shape index (κ2) is 8.81. The molecule has 1 aliphatic heterocycles. The first-order chi connectivity index (χ1) is 13.1. The summed E-state index contributed by atoms with van der Waals surface area (Å²) < 4.78 is 35.5. The van der Waals surface area contributed by atoms with Crippen LogP contribution in [0.25, 0.3) is 0 Å². The number of fused-ring (bicyclic) bond motifs is 1. The zero-order chi connectivity index (χ0) is 19.2. The van der Waals surface area contributed by atoms with Crippen LogP contribution in [0, 0.1) is 0 Å². The second-order valence-electron chi connectivity index (χ2n) is 6.14. The van der Waals surface area contributed by atoms with E-state index in [0.717, 1.165) is 30.6 Å². The number of nitrogens with one attached hydrogen (secondary N) is 3. The highest BCUT2D eigenvalue weighted by molar-refractivity contribution is 5.94. The lowest BCUT2D eigenvalue weighted by molar-refractivity contribution is -0.0505. The van der Waals surface area contributed by atoms with Gasteiger partial charge in [0.05, 0.1) is 6.61 Å². The Labute approximate surface area is 155 Å². The van der Waals surface area contributed by atoms with Gasteiger partial charge < -0.3 is 20.1 Å². The Hall–Kier alpha value is -2.68. The lowest BCUT2D eigenvalue weighted by Crippen LogP contribution is -2.28. The van der Waals surface area contributed by atoms with Crippen molar-refractivity contribution < 1.29 is 23.0 Å². The maximum atomic E-state index is 12.7. The van der Waals surface area contributed by atoms with Gasteiger partial charge in [-0.15, -0.1) is 0 Å². The fourth-order valence-electron chi connectivity index (χ4n) is 2.87. The molecule has 0 saturated carbocycles. The van der Waals surface area contributed by atoms with Gasteiger partial charge in [-0.2, -0.15) is 13.9 Å². The third-order valence-electron chi connectivity index (χ3n) is 4.19. The third kappa shape index (κ3) is 4.73. The normalized spacial score (nSPS) is 13.3. The number of alkyl halides is 2. The van der Waals surface area contributed by atoms with Crippen LogP contribution in [-0.4, -0.2) is 35.9 Å². The van der Waals surface area contributed by atoms with Crippen LogP contribution in [0.1, 0.15) is 40.7 Å². The number of rotatable bonds is 8. The van der Waals surface area contributed by atoms with Crippen LogP contribution >= 0.6 is 0 Å². The summed E-state index contributed by atoms with van der Waals surface area (Å²) in [4.78, 5) is 12.5. The van der Waals surface area contributed by atoms with Gasteiger partial charge in [-0.25, -0.2) is 0 Å². The smallest absolute Gasteiger partial charge is 0.387 e. The number of aromatic nitrogens is 2. The summed E-state index contributed by atoms with van der Waals surface area (Å²) >= 11 is 0. The van der Waals surface area contributed by atoms with Gasteiger partial charge in [0, 0.05) is 48.9 Å². The first-order valence-electron chi connectivity index (χ1n) is 8.84. The Bertz CT molecular complexity index is 795. The number of amides is 1. The molecular weight excluding hydrogens is 358 g/mol. The van der Waals surface area contributed by atoms with Crippen molar-refractivity contribution in [3.63, 3.8) is 0 Å². The minimum atomic E-state index is -2.97. The number of carbonyl (C=O) groups is 1. The van der Waals surface area contributed by atoms with Gasteiger partial charge in [-0.05, 0) is 18.6 Å². The van der Waals surface area contributed by atoms with Crippen LogP contribution in [0.15, 0.2) is 18.2 Å². The standard InChI is InChI=1S/C18H22F2N4O3/c1-2-7-26-12-4-3-11(15(8-12)27-18(19)20)9-22-17(25)16-13-10-21-6-5-14(13)23-24-16/h3-4,8,18,21H,2,5-7,9-10H2,1H3,(H,22,25)(H,23,24). The van der Waals surface area contributed by atoms with Gasteiger partial charge >= 0.3 is 6.61 Å². The second-order valence-corrected chi connectivity index (χ2v) is 6.14. The number of halogens is 2. The van der Waals surface area contributed by atoms with Crippen molar-refractivity contribution in [2.45, 2.75) is 39.5 Å². The Morgan fingerprint density at radius 2 is 2.26 bits per heavy atom. The Morgan fingerprint density at radius 1 is 1.41 bits per heavy atom. The van der Waals surface area contributed by atoms with Gasteiger partial charge in [0.25, 0.3) is 5.91 Å². The minimum absolute atomic E-state index is 0.0235. The van der Waals surface area contributed by atoms with Crippen molar-refractivity contribution in [3.05, 3.63) is 40.7 Å². The molecule has 0 bridgehead atoms. The molecule has 27 heavy (non-hydrogen) atoms. The molecule has 146 valence electrons. The Morgan fingerprint density at radius 3 is 3.04 bits per heavy atom. The molecule has 2 aromatic rings. The molecule has 0 unspecified atom stereocenters. The molecule has 0 spiro atoms. The van der Waals surface area contributed by atoms with Gasteiger partial charge in [0.2, 0.25) is 0 Å². The molecule has 3 rings (SSSR count). The lowest BCUT2D eigenvalue weighted by atomic mass is 10.1. The molecule has 0 radical (unpaired) electrons. The number of benzene rings is 1. The summed E-state index contributed by atoms with van der Waals surface area (Å²) in [6, 6.07) is 4.67. The summed E-state index contributed by atoms with van der Waals surface area (Å²) in [5, 5.41) is 12.9. The van der Waals surface area contributed by atoms with Crippen molar-refractivity contribution in [2.75, 3.05) is 13.2 Å². The Kier molecular flexibility index (Phi) is 6.23. The number of H-pyrrole nitrogens is 1. The van der Waals surface area contributed by atoms with Crippen molar-refractivity contribution in [3.8, 4) is 11.5 Å². The average Bonchev–Trinajstić information content (AvgIpc) is 3.09. The fourth-order valence-corrected chi connectivity index (χ4v) is 2.87. The van der Waals surface area contributed by atoms with Crippen LogP contribution in [-0.2, 0) is 19.5 Å².